The predicted octanol–water partition coefficient (Wildman–Crippen LogP) is 4.27. The van der Waals surface area contributed by atoms with Gasteiger partial charge < -0.3 is 10.6 Å². The molecule has 0 aromatic heterocycles. The first-order valence-corrected chi connectivity index (χ1v) is 10.8. The fourth-order valence-corrected chi connectivity index (χ4v) is 3.18. The molecule has 2 aromatic rings. The summed E-state index contributed by atoms with van der Waals surface area (Å²) in [5, 5.41) is 7.00. The molecule has 0 unspecified atom stereocenters. The van der Waals surface area contributed by atoms with Crippen molar-refractivity contribution < 1.29 is 0 Å². The van der Waals surface area contributed by atoms with Crippen molar-refractivity contribution in [2.75, 3.05) is 39.3 Å². The van der Waals surface area contributed by atoms with E-state index in [-0.39, 0.29) is 0 Å². The summed E-state index contributed by atoms with van der Waals surface area (Å²) in [5.74, 6) is 0. The van der Waals surface area contributed by atoms with E-state index in [9.17, 15) is 0 Å². The van der Waals surface area contributed by atoms with Gasteiger partial charge in [-0.15, -0.1) is 0 Å². The van der Waals surface area contributed by atoms with Crippen molar-refractivity contribution in [2.24, 2.45) is 9.98 Å². The summed E-state index contributed by atoms with van der Waals surface area (Å²) >= 11 is 0. The number of rotatable bonds is 4. The van der Waals surface area contributed by atoms with Gasteiger partial charge in [0.25, 0.3) is 0 Å². The average Bonchev–Trinajstić information content (AvgIpc) is 2.80. The topological polar surface area (TPSA) is 48.8 Å². The lowest BCUT2D eigenvalue weighted by Gasteiger charge is -2.08. The van der Waals surface area contributed by atoms with Crippen molar-refractivity contribution in [3.8, 4) is 0 Å². The smallest absolute Gasteiger partial charge is 0.0517 e. The molecule has 3 rings (SSSR count). The van der Waals surface area contributed by atoms with Crippen LogP contribution in [-0.4, -0.2) is 50.7 Å². The molecule has 1 aliphatic heterocycles. The Hall–Kier alpha value is -2.82. The van der Waals surface area contributed by atoms with Crippen LogP contribution >= 0.6 is 0 Å². The first-order chi connectivity index (χ1) is 14.9. The van der Waals surface area contributed by atoms with Gasteiger partial charge in [-0.1, -0.05) is 72.8 Å². The van der Waals surface area contributed by atoms with Crippen LogP contribution in [0.5, 0.6) is 0 Å². The maximum atomic E-state index is 4.80. The van der Waals surface area contributed by atoms with Gasteiger partial charge in [0.2, 0.25) is 0 Å². The van der Waals surface area contributed by atoms with Crippen LogP contribution < -0.4 is 10.6 Å². The molecule has 156 valence electrons. The van der Waals surface area contributed by atoms with E-state index in [2.05, 4.69) is 83.5 Å². The zero-order valence-electron chi connectivity index (χ0n) is 17.6. The van der Waals surface area contributed by atoms with Gasteiger partial charge in [-0.05, 0) is 23.3 Å². The number of hydrogen-bond acceptors (Lipinski definition) is 4. The minimum atomic E-state index is 0.792. The van der Waals surface area contributed by atoms with Crippen molar-refractivity contribution in [3.05, 3.63) is 83.9 Å². The third-order valence-electron chi connectivity index (χ3n) is 4.86. The fraction of sp³-hybridized carbons (Fsp3) is 0.308. The van der Waals surface area contributed by atoms with Crippen LogP contribution in [0.2, 0.25) is 0 Å². The predicted molar refractivity (Wildman–Crippen MR) is 131 cm³/mol. The lowest BCUT2D eigenvalue weighted by atomic mass is 10.1. The van der Waals surface area contributed by atoms with Crippen LogP contribution in [0.3, 0.4) is 0 Å². The average molecular weight is 401 g/mol. The Bertz CT molecular complexity index is 778. The Kier molecular flexibility index (Phi) is 9.78. The molecule has 4 heteroatoms. The van der Waals surface area contributed by atoms with E-state index in [0.29, 0.717) is 0 Å². The maximum absolute atomic E-state index is 4.80. The van der Waals surface area contributed by atoms with Crippen molar-refractivity contribution in [3.63, 3.8) is 0 Å². The molecule has 4 nitrogen and oxygen atoms in total. The minimum absolute atomic E-state index is 0.792. The zero-order chi connectivity index (χ0) is 20.7. The molecule has 1 heterocycles. The number of nitrogens with zero attached hydrogens (tertiary/aromatic N) is 2. The van der Waals surface area contributed by atoms with Gasteiger partial charge in [-0.25, -0.2) is 0 Å². The molecule has 0 atom stereocenters. The van der Waals surface area contributed by atoms with Crippen molar-refractivity contribution in [1.82, 2.24) is 10.6 Å². The van der Waals surface area contributed by atoms with Crippen LogP contribution in [0.1, 0.15) is 24.0 Å². The first-order valence-electron chi connectivity index (χ1n) is 10.8. The molecular weight excluding hydrogens is 368 g/mol. The number of hydrogen-bond donors (Lipinski definition) is 2. The second kappa shape index (κ2) is 13.4. The highest BCUT2D eigenvalue weighted by molar-refractivity contribution is 5.99. The van der Waals surface area contributed by atoms with Gasteiger partial charge >= 0.3 is 0 Å². The standard InChI is InChI=1S/C26H32N4/c1-3-7-23(8-4-1)11-13-25-15-17-27-20-22-30-26(16-18-28-19-21-29-25)14-12-24-9-5-2-6-10-24/h1-14,27-28H,15-22H2/b13-11+,14-12+,29-25?,30-26?. The monoisotopic (exact) mass is 400 g/mol. The number of benzene rings is 2. The summed E-state index contributed by atoms with van der Waals surface area (Å²) in [6, 6.07) is 20.8. The Morgan fingerprint density at radius 3 is 1.40 bits per heavy atom. The maximum Gasteiger partial charge on any atom is 0.0517 e. The summed E-state index contributed by atoms with van der Waals surface area (Å²) in [5.41, 5.74) is 4.69. The second-order valence-electron chi connectivity index (χ2n) is 7.23. The number of allylic oxidation sites excluding steroid dienone is 2. The van der Waals surface area contributed by atoms with E-state index >= 15 is 0 Å². The van der Waals surface area contributed by atoms with Crippen LogP contribution in [-0.2, 0) is 0 Å². The summed E-state index contributed by atoms with van der Waals surface area (Å²) < 4.78 is 0. The highest BCUT2D eigenvalue weighted by Gasteiger charge is 2.00. The van der Waals surface area contributed by atoms with Gasteiger partial charge in [-0.3, -0.25) is 9.98 Å². The minimum Gasteiger partial charge on any atom is -0.315 e. The van der Waals surface area contributed by atoms with E-state index < -0.39 is 0 Å². The van der Waals surface area contributed by atoms with Gasteiger partial charge in [-0.2, -0.15) is 0 Å². The van der Waals surface area contributed by atoms with E-state index in [1.807, 2.05) is 12.1 Å². The second-order valence-corrected chi connectivity index (χ2v) is 7.23. The van der Waals surface area contributed by atoms with Gasteiger partial charge in [0, 0.05) is 50.4 Å². The molecule has 0 spiro atoms. The molecule has 30 heavy (non-hydrogen) atoms. The molecule has 2 N–H and O–H groups in total. The van der Waals surface area contributed by atoms with Crippen molar-refractivity contribution in [1.29, 1.82) is 0 Å². The molecule has 1 aliphatic rings. The third-order valence-corrected chi connectivity index (χ3v) is 4.86. The first kappa shape index (κ1) is 21.9. The summed E-state index contributed by atoms with van der Waals surface area (Å²) in [6.45, 7) is 5.17. The van der Waals surface area contributed by atoms with Crippen molar-refractivity contribution >= 4 is 23.6 Å². The van der Waals surface area contributed by atoms with Crippen molar-refractivity contribution in [2.45, 2.75) is 12.8 Å². The fourth-order valence-electron chi connectivity index (χ4n) is 3.18. The molecule has 0 radical (unpaired) electrons. The van der Waals surface area contributed by atoms with Crippen LogP contribution in [0, 0.1) is 0 Å². The molecule has 0 saturated heterocycles. The zero-order valence-corrected chi connectivity index (χ0v) is 17.6. The number of aliphatic imine (C=N–C) groups is 2. The van der Waals surface area contributed by atoms with E-state index in [4.69, 9.17) is 9.98 Å². The Morgan fingerprint density at radius 1 is 0.533 bits per heavy atom. The quantitative estimate of drug-likeness (QED) is 0.805. The van der Waals surface area contributed by atoms with Gasteiger partial charge in [0.15, 0.2) is 0 Å². The van der Waals surface area contributed by atoms with E-state index in [1.165, 1.54) is 11.1 Å². The van der Waals surface area contributed by atoms with E-state index in [1.54, 1.807) is 0 Å². The van der Waals surface area contributed by atoms with Gasteiger partial charge in [0.05, 0.1) is 13.1 Å². The molecule has 0 fully saturated rings. The summed E-state index contributed by atoms with van der Waals surface area (Å²) in [4.78, 5) is 9.61. The Balaban J connectivity index is 1.53. The van der Waals surface area contributed by atoms with E-state index in [0.717, 1.165) is 63.5 Å². The largest absolute Gasteiger partial charge is 0.315 e. The molecule has 0 bridgehead atoms. The molecule has 0 amide bonds. The lowest BCUT2D eigenvalue weighted by molar-refractivity contribution is 0.686. The highest BCUT2D eigenvalue weighted by Crippen LogP contribution is 2.04. The third kappa shape index (κ3) is 8.68. The molecule has 2 aromatic carbocycles. The lowest BCUT2D eigenvalue weighted by Crippen LogP contribution is -2.24. The van der Waals surface area contributed by atoms with Gasteiger partial charge in [0.1, 0.15) is 0 Å². The van der Waals surface area contributed by atoms with Crippen LogP contribution in [0.15, 0.2) is 82.8 Å². The van der Waals surface area contributed by atoms with Crippen LogP contribution in [0.25, 0.3) is 12.2 Å². The summed E-state index contributed by atoms with van der Waals surface area (Å²) in [6.07, 6.45) is 10.4. The Morgan fingerprint density at radius 2 is 0.967 bits per heavy atom. The Labute approximate surface area is 180 Å². The molecular formula is C26H32N4. The molecule has 0 aliphatic carbocycles. The normalized spacial score (nSPS) is 17.5. The molecule has 0 saturated carbocycles. The highest BCUT2D eigenvalue weighted by atomic mass is 14.9. The SMILES string of the molecule is C(=C\c1ccccc1)/C1=NCCNCCC(/C=C/c2ccccc2)=NCCNCC1. The summed E-state index contributed by atoms with van der Waals surface area (Å²) in [7, 11) is 0. The van der Waals surface area contributed by atoms with Crippen LogP contribution in [0.4, 0.5) is 0 Å². The number of nitrogens with one attached hydrogen (secondary N) is 2.